The van der Waals surface area contributed by atoms with Crippen LogP contribution in [0.15, 0.2) is 24.3 Å². The van der Waals surface area contributed by atoms with Crippen LogP contribution in [0.2, 0.25) is 0 Å². The first-order chi connectivity index (χ1) is 32.4. The molecule has 0 spiro atoms. The lowest BCUT2D eigenvalue weighted by Gasteiger charge is -2.20. The maximum absolute atomic E-state index is 12.9. The molecule has 0 aromatic carbocycles. The predicted octanol–water partition coefficient (Wildman–Crippen LogP) is 16.3. The zero-order valence-electron chi connectivity index (χ0n) is 43.2. The van der Waals surface area contributed by atoms with Crippen molar-refractivity contribution in [2.75, 3.05) is 26.4 Å². The Morgan fingerprint density at radius 1 is 0.485 bits per heavy atom. The van der Waals surface area contributed by atoms with Gasteiger partial charge in [0.25, 0.3) is 0 Å². The van der Waals surface area contributed by atoms with Crippen LogP contribution >= 0.6 is 0 Å². The Balaban J connectivity index is 2.55. The highest BCUT2D eigenvalue weighted by Gasteiger charge is 2.20. The molecule has 0 aliphatic heterocycles. The van der Waals surface area contributed by atoms with Crippen LogP contribution in [-0.4, -0.2) is 56.5 Å². The van der Waals surface area contributed by atoms with Gasteiger partial charge in [-0.05, 0) is 83.0 Å². The van der Waals surface area contributed by atoms with Gasteiger partial charge in [-0.2, -0.15) is 0 Å². The monoisotopic (exact) mass is 930 g/mol. The van der Waals surface area contributed by atoms with Crippen LogP contribution in [0.4, 0.5) is 4.79 Å². The van der Waals surface area contributed by atoms with Crippen LogP contribution < -0.4 is 5.32 Å². The van der Waals surface area contributed by atoms with E-state index in [4.69, 9.17) is 18.9 Å². The Bertz CT molecular complexity index is 1180. The molecule has 9 nitrogen and oxygen atoms in total. The number of allylic oxidation sites excluding steroid dienone is 4. The molecule has 1 aliphatic rings. The van der Waals surface area contributed by atoms with Crippen LogP contribution in [-0.2, 0) is 33.3 Å². The van der Waals surface area contributed by atoms with Crippen molar-refractivity contribution in [2.24, 2.45) is 11.8 Å². The van der Waals surface area contributed by atoms with Gasteiger partial charge in [-0.25, -0.2) is 4.79 Å². The summed E-state index contributed by atoms with van der Waals surface area (Å²) in [5.74, 6) is -0.861. The Morgan fingerprint density at radius 2 is 0.924 bits per heavy atom. The highest BCUT2D eigenvalue weighted by Crippen LogP contribution is 2.24. The van der Waals surface area contributed by atoms with Crippen molar-refractivity contribution in [3.8, 4) is 0 Å². The number of rotatable bonds is 42. The van der Waals surface area contributed by atoms with E-state index >= 15 is 0 Å². The van der Waals surface area contributed by atoms with E-state index in [9.17, 15) is 19.2 Å². The smallest absolute Gasteiger partial charge is 0.407 e. The van der Waals surface area contributed by atoms with E-state index < -0.39 is 18.0 Å². The van der Waals surface area contributed by atoms with E-state index in [1.54, 1.807) is 0 Å². The Kier molecular flexibility index (Phi) is 43.8. The summed E-state index contributed by atoms with van der Waals surface area (Å²) in [7, 11) is 0. The number of ether oxygens (including phenoxy) is 4. The number of carbonyl (C=O) groups is 4. The van der Waals surface area contributed by atoms with Crippen LogP contribution in [0.25, 0.3) is 0 Å². The third-order valence-corrected chi connectivity index (χ3v) is 13.1. The molecule has 1 amide bonds. The number of alkyl carbamates (subject to hydrolysis) is 1. The second-order valence-electron chi connectivity index (χ2n) is 19.5. The number of hydrogen-bond acceptors (Lipinski definition) is 8. The molecular formula is C57H103NO8. The van der Waals surface area contributed by atoms with Crippen molar-refractivity contribution in [1.29, 1.82) is 0 Å². The standard InChI is InChI=1S/C57H103NO8/c1-4-7-10-13-16-17-18-19-20-21-22-23-27-32-37-43-54(59)63-48-52(50-65-57(62)58-47-46-51-39-33-28-25-24-26-29-34-40-51)49-64-55(60)44-38-45-56(61)66-53(41-35-30-14-11-8-5-2)42-36-31-15-12-9-6-3/h16-17,19-20,51-53H,4-15,18,21-50H2,1-3H3,(H,58,62)/b17-16-,20-19-. The van der Waals surface area contributed by atoms with Crippen molar-refractivity contribution < 1.29 is 38.1 Å². The molecule has 0 aromatic heterocycles. The molecule has 1 rings (SSSR count). The predicted molar refractivity (Wildman–Crippen MR) is 273 cm³/mol. The molecular weight excluding hydrogens is 827 g/mol. The molecule has 1 aliphatic carbocycles. The van der Waals surface area contributed by atoms with E-state index in [1.807, 2.05) is 0 Å². The first-order valence-corrected chi connectivity index (χ1v) is 28.1. The molecule has 384 valence electrons. The maximum atomic E-state index is 12.9. The fourth-order valence-electron chi connectivity index (χ4n) is 8.79. The lowest BCUT2D eigenvalue weighted by molar-refractivity contribution is -0.150. The van der Waals surface area contributed by atoms with Gasteiger partial charge in [-0.1, -0.05) is 199 Å². The van der Waals surface area contributed by atoms with Crippen molar-refractivity contribution in [1.82, 2.24) is 5.32 Å². The third kappa shape index (κ3) is 41.4. The summed E-state index contributed by atoms with van der Waals surface area (Å²) >= 11 is 0. The zero-order valence-corrected chi connectivity index (χ0v) is 43.2. The summed E-state index contributed by atoms with van der Waals surface area (Å²) in [5.41, 5.74) is 0. The number of unbranched alkanes of at least 4 members (excludes halogenated alkanes) is 18. The SMILES string of the molecule is CCCCC/C=C\C/C=C\CCCCCCCC(=O)OCC(COC(=O)CCCC(=O)OC(CCCCCCCC)CCCCCCCC)COC(=O)NCCC1CCCCCCCCC1. The summed E-state index contributed by atoms with van der Waals surface area (Å²) in [5, 5.41) is 2.92. The van der Waals surface area contributed by atoms with Crippen LogP contribution in [0, 0.1) is 11.8 Å². The van der Waals surface area contributed by atoms with Crippen molar-refractivity contribution in [2.45, 2.75) is 277 Å². The van der Waals surface area contributed by atoms with Gasteiger partial charge in [0.2, 0.25) is 0 Å². The lowest BCUT2D eigenvalue weighted by atomic mass is 9.90. The van der Waals surface area contributed by atoms with Gasteiger partial charge in [0.1, 0.15) is 25.9 Å². The number of esters is 3. The lowest BCUT2D eigenvalue weighted by Crippen LogP contribution is -2.31. The molecule has 66 heavy (non-hydrogen) atoms. The quantitative estimate of drug-likeness (QED) is 0.0278. The third-order valence-electron chi connectivity index (χ3n) is 13.1. The van der Waals surface area contributed by atoms with Crippen molar-refractivity contribution in [3.63, 3.8) is 0 Å². The van der Waals surface area contributed by atoms with Gasteiger partial charge in [0.05, 0.1) is 5.92 Å². The van der Waals surface area contributed by atoms with Gasteiger partial charge >= 0.3 is 24.0 Å². The highest BCUT2D eigenvalue weighted by atomic mass is 16.6. The van der Waals surface area contributed by atoms with E-state index in [1.165, 1.54) is 148 Å². The molecule has 0 saturated heterocycles. The minimum absolute atomic E-state index is 0.00729. The molecule has 0 aromatic rings. The molecule has 0 radical (unpaired) electrons. The fourth-order valence-corrected chi connectivity index (χ4v) is 8.79. The summed E-state index contributed by atoms with van der Waals surface area (Å²) in [6.45, 7) is 7.16. The van der Waals surface area contributed by atoms with E-state index in [-0.39, 0.29) is 50.7 Å². The van der Waals surface area contributed by atoms with Crippen LogP contribution in [0.5, 0.6) is 0 Å². The van der Waals surface area contributed by atoms with Crippen molar-refractivity contribution in [3.05, 3.63) is 24.3 Å². The summed E-state index contributed by atoms with van der Waals surface area (Å²) < 4.78 is 22.8. The first kappa shape index (κ1) is 61.2. The number of hydrogen-bond donors (Lipinski definition) is 1. The van der Waals surface area contributed by atoms with Crippen LogP contribution in [0.3, 0.4) is 0 Å². The molecule has 9 heteroatoms. The Labute approximate surface area is 405 Å². The highest BCUT2D eigenvalue weighted by molar-refractivity contribution is 5.72. The van der Waals surface area contributed by atoms with Gasteiger partial charge in [0, 0.05) is 25.8 Å². The summed E-state index contributed by atoms with van der Waals surface area (Å²) in [6, 6.07) is 0. The summed E-state index contributed by atoms with van der Waals surface area (Å²) in [6.07, 6.45) is 50.4. The number of carbonyl (C=O) groups excluding carboxylic acids is 4. The molecule has 1 N–H and O–H groups in total. The zero-order chi connectivity index (χ0) is 47.8. The topological polar surface area (TPSA) is 117 Å². The normalized spacial score (nSPS) is 14.4. The van der Waals surface area contributed by atoms with Gasteiger partial charge in [-0.3, -0.25) is 14.4 Å². The van der Waals surface area contributed by atoms with Crippen molar-refractivity contribution >= 4 is 24.0 Å². The molecule has 1 atom stereocenters. The molecule has 1 unspecified atom stereocenters. The average Bonchev–Trinajstić information content (AvgIpc) is 3.31. The van der Waals surface area contributed by atoms with Gasteiger partial charge in [0.15, 0.2) is 0 Å². The molecule has 0 bridgehead atoms. The van der Waals surface area contributed by atoms with Gasteiger partial charge < -0.3 is 24.3 Å². The fraction of sp³-hybridized carbons (Fsp3) is 0.860. The van der Waals surface area contributed by atoms with E-state index in [0.29, 0.717) is 25.3 Å². The number of amides is 1. The second kappa shape index (κ2) is 47.2. The maximum Gasteiger partial charge on any atom is 0.407 e. The van der Waals surface area contributed by atoms with E-state index in [0.717, 1.165) is 77.0 Å². The minimum Gasteiger partial charge on any atom is -0.465 e. The Hall–Kier alpha value is -2.84. The first-order valence-electron chi connectivity index (χ1n) is 28.1. The average molecular weight is 930 g/mol. The van der Waals surface area contributed by atoms with Gasteiger partial charge in [-0.15, -0.1) is 0 Å². The van der Waals surface area contributed by atoms with Crippen LogP contribution in [0.1, 0.15) is 271 Å². The molecule has 0 heterocycles. The molecule has 1 saturated carbocycles. The molecule has 1 fully saturated rings. The number of nitrogens with one attached hydrogen (secondary N) is 1. The van der Waals surface area contributed by atoms with E-state index in [2.05, 4.69) is 50.4 Å². The Morgan fingerprint density at radius 3 is 1.50 bits per heavy atom. The largest absolute Gasteiger partial charge is 0.465 e. The summed E-state index contributed by atoms with van der Waals surface area (Å²) in [4.78, 5) is 51.3. The minimum atomic E-state index is -0.507. The second-order valence-corrected chi connectivity index (χ2v) is 19.5.